The highest BCUT2D eigenvalue weighted by atomic mass is 32.1. The summed E-state index contributed by atoms with van der Waals surface area (Å²) in [5, 5.41) is 13.4. The maximum atomic E-state index is 5.43. The van der Waals surface area contributed by atoms with Gasteiger partial charge in [-0.1, -0.05) is 121 Å². The van der Waals surface area contributed by atoms with Crippen LogP contribution in [0.2, 0.25) is 0 Å². The van der Waals surface area contributed by atoms with Crippen molar-refractivity contribution in [2.24, 2.45) is 0 Å². The lowest BCUT2D eigenvalue weighted by atomic mass is 10.0. The molecule has 0 saturated carbocycles. The van der Waals surface area contributed by atoms with Gasteiger partial charge < -0.3 is 0 Å². The summed E-state index contributed by atoms with van der Waals surface area (Å²) < 4.78 is 4.86. The van der Waals surface area contributed by atoms with Gasteiger partial charge in [0.1, 0.15) is 0 Å². The standard InChI is InChI=1S/C44H25N3S/c1-2-13-29(14-3-1)42-33-21-18-28-12-6-9-17-32(28)43(33)46-44(45-42)47-36-22-19-26-10-4-7-15-30(26)40(36)34-24-35-39(25-37(34)47)48-38-23-20-27-11-5-8-16-31(27)41(35)38/h1-25H. The number of hydrogen-bond donors (Lipinski definition) is 0. The minimum absolute atomic E-state index is 0.680. The second kappa shape index (κ2) is 9.71. The first-order valence-electron chi connectivity index (χ1n) is 16.3. The summed E-state index contributed by atoms with van der Waals surface area (Å²) in [5.41, 5.74) is 5.19. The third kappa shape index (κ3) is 3.58. The molecule has 0 radical (unpaired) electrons. The van der Waals surface area contributed by atoms with E-state index in [1.165, 1.54) is 57.9 Å². The highest BCUT2D eigenvalue weighted by molar-refractivity contribution is 7.26. The van der Waals surface area contributed by atoms with Gasteiger partial charge >= 0.3 is 0 Å². The van der Waals surface area contributed by atoms with Gasteiger partial charge in [0.15, 0.2) is 0 Å². The topological polar surface area (TPSA) is 30.7 Å². The van der Waals surface area contributed by atoms with E-state index in [0.717, 1.165) is 38.6 Å². The molecule has 8 aromatic carbocycles. The van der Waals surface area contributed by atoms with Gasteiger partial charge in [-0.15, -0.1) is 11.3 Å². The van der Waals surface area contributed by atoms with Crippen molar-refractivity contribution in [2.45, 2.75) is 0 Å². The van der Waals surface area contributed by atoms with Gasteiger partial charge in [-0.25, -0.2) is 9.97 Å². The molecule has 48 heavy (non-hydrogen) atoms. The number of nitrogens with zero attached hydrogens (tertiary/aromatic N) is 3. The largest absolute Gasteiger partial charge is 0.278 e. The zero-order chi connectivity index (χ0) is 31.3. The van der Waals surface area contributed by atoms with Crippen molar-refractivity contribution in [1.82, 2.24) is 14.5 Å². The lowest BCUT2D eigenvalue weighted by Gasteiger charge is -2.13. The maximum Gasteiger partial charge on any atom is 0.235 e. The molecule has 3 nitrogen and oxygen atoms in total. The Morgan fingerprint density at radius 3 is 1.85 bits per heavy atom. The first-order chi connectivity index (χ1) is 23.8. The Morgan fingerprint density at radius 1 is 0.417 bits per heavy atom. The van der Waals surface area contributed by atoms with E-state index in [0.29, 0.717) is 5.95 Å². The average molecular weight is 628 g/mol. The molecule has 0 bridgehead atoms. The van der Waals surface area contributed by atoms with Gasteiger partial charge in [-0.3, -0.25) is 4.57 Å². The Kier molecular flexibility index (Phi) is 5.26. The van der Waals surface area contributed by atoms with Crippen LogP contribution in [0.4, 0.5) is 0 Å². The van der Waals surface area contributed by atoms with Gasteiger partial charge in [-0.2, -0.15) is 0 Å². The Balaban J connectivity index is 1.34. The number of hydrogen-bond acceptors (Lipinski definition) is 3. The molecule has 0 spiro atoms. The fraction of sp³-hybridized carbons (Fsp3) is 0. The van der Waals surface area contributed by atoms with Crippen LogP contribution in [-0.4, -0.2) is 14.5 Å². The first kappa shape index (κ1) is 26.0. The van der Waals surface area contributed by atoms with Crippen LogP contribution in [0.25, 0.3) is 102 Å². The van der Waals surface area contributed by atoms with Crippen molar-refractivity contribution in [3.63, 3.8) is 0 Å². The van der Waals surface area contributed by atoms with Crippen LogP contribution in [0.1, 0.15) is 0 Å². The molecule has 0 aliphatic heterocycles. The second-order valence-corrected chi connectivity index (χ2v) is 13.6. The molecule has 11 rings (SSSR count). The van der Waals surface area contributed by atoms with Crippen molar-refractivity contribution in [3.05, 3.63) is 152 Å². The van der Waals surface area contributed by atoms with Crippen LogP contribution >= 0.6 is 11.3 Å². The molecule has 0 amide bonds. The van der Waals surface area contributed by atoms with Gasteiger partial charge in [-0.05, 0) is 57.3 Å². The second-order valence-electron chi connectivity index (χ2n) is 12.6. The van der Waals surface area contributed by atoms with Crippen molar-refractivity contribution >= 4 is 96.5 Å². The molecule has 11 aromatic rings. The number of thiophene rings is 1. The van der Waals surface area contributed by atoms with Crippen molar-refractivity contribution < 1.29 is 0 Å². The summed E-state index contributed by atoms with van der Waals surface area (Å²) in [6, 6.07) is 54.6. The van der Waals surface area contributed by atoms with E-state index in [1.807, 2.05) is 11.3 Å². The highest BCUT2D eigenvalue weighted by Crippen LogP contribution is 2.44. The summed E-state index contributed by atoms with van der Waals surface area (Å²) in [6.45, 7) is 0. The lowest BCUT2D eigenvalue weighted by molar-refractivity contribution is 1.02. The summed E-state index contributed by atoms with van der Waals surface area (Å²) in [6.07, 6.45) is 0. The van der Waals surface area contributed by atoms with Gasteiger partial charge in [0.05, 0.1) is 22.2 Å². The summed E-state index contributed by atoms with van der Waals surface area (Å²) in [4.78, 5) is 10.9. The molecule has 4 heteroatoms. The van der Waals surface area contributed by atoms with E-state index < -0.39 is 0 Å². The molecule has 0 saturated heterocycles. The molecule has 0 N–H and O–H groups in total. The molecular formula is C44H25N3S. The summed E-state index contributed by atoms with van der Waals surface area (Å²) in [5.74, 6) is 0.680. The molecule has 0 unspecified atom stereocenters. The molecule has 3 heterocycles. The average Bonchev–Trinajstić information content (AvgIpc) is 3.69. The third-order valence-corrected chi connectivity index (χ3v) is 11.1. The van der Waals surface area contributed by atoms with Crippen molar-refractivity contribution in [3.8, 4) is 17.2 Å². The third-order valence-electron chi connectivity index (χ3n) is 9.96. The van der Waals surface area contributed by atoms with E-state index in [2.05, 4.69) is 156 Å². The smallest absolute Gasteiger partial charge is 0.235 e. The molecule has 0 atom stereocenters. The van der Waals surface area contributed by atoms with E-state index in [9.17, 15) is 0 Å². The van der Waals surface area contributed by atoms with Gasteiger partial charge in [0, 0.05) is 47.3 Å². The first-order valence-corrected chi connectivity index (χ1v) is 17.1. The lowest BCUT2D eigenvalue weighted by Crippen LogP contribution is -2.03. The van der Waals surface area contributed by atoms with E-state index in [-0.39, 0.29) is 0 Å². The number of benzene rings is 8. The quantitative estimate of drug-likeness (QED) is 0.179. The van der Waals surface area contributed by atoms with Crippen LogP contribution < -0.4 is 0 Å². The van der Waals surface area contributed by atoms with Gasteiger partial charge in [0.2, 0.25) is 5.95 Å². The number of fused-ring (bicyclic) bond motifs is 13. The predicted molar refractivity (Wildman–Crippen MR) is 205 cm³/mol. The molecule has 0 aliphatic carbocycles. The SMILES string of the molecule is c1ccc(-c2nc(-n3c4cc5sc6ccc7ccccc7c6c5cc4c4c5ccccc5ccc43)nc3c2ccc2ccccc23)cc1. The molecule has 0 fully saturated rings. The highest BCUT2D eigenvalue weighted by Gasteiger charge is 2.21. The zero-order valence-electron chi connectivity index (χ0n) is 25.7. The minimum atomic E-state index is 0.680. The van der Waals surface area contributed by atoms with Crippen LogP contribution in [0.15, 0.2) is 152 Å². The van der Waals surface area contributed by atoms with Crippen LogP contribution in [0.5, 0.6) is 0 Å². The van der Waals surface area contributed by atoms with Crippen molar-refractivity contribution in [2.75, 3.05) is 0 Å². The van der Waals surface area contributed by atoms with Crippen LogP contribution in [-0.2, 0) is 0 Å². The van der Waals surface area contributed by atoms with Crippen LogP contribution in [0, 0.1) is 0 Å². The van der Waals surface area contributed by atoms with E-state index in [4.69, 9.17) is 9.97 Å². The summed E-state index contributed by atoms with van der Waals surface area (Å²) in [7, 11) is 0. The van der Waals surface area contributed by atoms with Crippen molar-refractivity contribution in [1.29, 1.82) is 0 Å². The number of rotatable bonds is 2. The fourth-order valence-corrected chi connectivity index (χ4v) is 8.95. The Morgan fingerprint density at radius 2 is 1.06 bits per heavy atom. The predicted octanol–water partition coefficient (Wildman–Crippen LogP) is 12.2. The van der Waals surface area contributed by atoms with Gasteiger partial charge in [0.25, 0.3) is 0 Å². The maximum absolute atomic E-state index is 5.43. The fourth-order valence-electron chi connectivity index (χ4n) is 7.81. The van der Waals surface area contributed by atoms with Crippen LogP contribution in [0.3, 0.4) is 0 Å². The molecule has 222 valence electrons. The molecule has 0 aliphatic rings. The van der Waals surface area contributed by atoms with E-state index >= 15 is 0 Å². The monoisotopic (exact) mass is 627 g/mol. The normalized spacial score (nSPS) is 12.2. The Labute approximate surface area is 278 Å². The molecular weight excluding hydrogens is 603 g/mol. The Bertz CT molecular complexity index is 3120. The molecule has 3 aromatic heterocycles. The Hall–Kier alpha value is -6.10. The zero-order valence-corrected chi connectivity index (χ0v) is 26.5. The number of aromatic nitrogens is 3. The minimum Gasteiger partial charge on any atom is -0.278 e. The van der Waals surface area contributed by atoms with E-state index in [1.54, 1.807) is 0 Å². The summed E-state index contributed by atoms with van der Waals surface area (Å²) >= 11 is 1.86.